The number of rotatable bonds is 9. The summed E-state index contributed by atoms with van der Waals surface area (Å²) in [5.74, 6) is 0.665. The quantitative estimate of drug-likeness (QED) is 0.544. The molecule has 7 heteroatoms. The lowest BCUT2D eigenvalue weighted by molar-refractivity contribution is -0.121. The van der Waals surface area contributed by atoms with Gasteiger partial charge in [-0.15, -0.1) is 10.2 Å². The highest BCUT2D eigenvalue weighted by molar-refractivity contribution is 9.10. The van der Waals surface area contributed by atoms with Crippen LogP contribution < -0.4 is 5.32 Å². The van der Waals surface area contributed by atoms with Crippen molar-refractivity contribution in [2.45, 2.75) is 45.2 Å². The minimum atomic E-state index is 0.0618. The Morgan fingerprint density at radius 3 is 2.64 bits per heavy atom. The molecule has 1 atom stereocenters. The van der Waals surface area contributed by atoms with Gasteiger partial charge in [-0.2, -0.15) is 4.80 Å². The van der Waals surface area contributed by atoms with E-state index in [-0.39, 0.29) is 11.9 Å². The standard InChI is InChI=1S/C21H24BrN5O/c1-16(9-10-17-11-13-19(22)14-12-17)23-20(28)8-5-15-27-25-21(24-26-27)18-6-3-2-4-7-18/h2-4,6-7,11-14,16H,5,8-10,15H2,1H3,(H,23,28). The lowest BCUT2D eigenvalue weighted by Gasteiger charge is -2.14. The molecule has 1 unspecified atom stereocenters. The van der Waals surface area contributed by atoms with Crippen LogP contribution in [0.2, 0.25) is 0 Å². The molecule has 0 spiro atoms. The van der Waals surface area contributed by atoms with Crippen LogP contribution in [0, 0.1) is 0 Å². The molecule has 0 aliphatic rings. The largest absolute Gasteiger partial charge is 0.354 e. The third-order valence-corrected chi connectivity index (χ3v) is 4.96. The van der Waals surface area contributed by atoms with E-state index in [1.165, 1.54) is 5.56 Å². The first-order valence-electron chi connectivity index (χ1n) is 9.47. The van der Waals surface area contributed by atoms with Gasteiger partial charge in [0.05, 0.1) is 6.54 Å². The zero-order valence-corrected chi connectivity index (χ0v) is 17.5. The maximum atomic E-state index is 12.1. The average Bonchev–Trinajstić information content (AvgIpc) is 3.17. The Bertz CT molecular complexity index is 879. The first-order valence-corrected chi connectivity index (χ1v) is 10.3. The molecule has 1 aromatic heterocycles. The number of aryl methyl sites for hydroxylation is 2. The molecule has 0 fully saturated rings. The van der Waals surface area contributed by atoms with Crippen molar-refractivity contribution in [2.75, 3.05) is 0 Å². The molecule has 0 bridgehead atoms. The highest BCUT2D eigenvalue weighted by atomic mass is 79.9. The van der Waals surface area contributed by atoms with Crippen LogP contribution in [0.15, 0.2) is 59.1 Å². The molecule has 3 aromatic rings. The number of hydrogen-bond acceptors (Lipinski definition) is 4. The van der Waals surface area contributed by atoms with Gasteiger partial charge in [-0.25, -0.2) is 0 Å². The molecule has 146 valence electrons. The normalized spacial score (nSPS) is 11.9. The first kappa shape index (κ1) is 20.2. The Morgan fingerprint density at radius 2 is 1.89 bits per heavy atom. The monoisotopic (exact) mass is 441 g/mol. The molecular weight excluding hydrogens is 418 g/mol. The fourth-order valence-electron chi connectivity index (χ4n) is 2.88. The molecule has 1 N–H and O–H groups in total. The predicted octanol–water partition coefficient (Wildman–Crippen LogP) is 4.02. The zero-order chi connectivity index (χ0) is 19.8. The number of nitrogens with zero attached hydrogens (tertiary/aromatic N) is 4. The molecule has 0 aliphatic carbocycles. The van der Waals surface area contributed by atoms with E-state index < -0.39 is 0 Å². The van der Waals surface area contributed by atoms with E-state index in [2.05, 4.69) is 48.8 Å². The fraction of sp³-hybridized carbons (Fsp3) is 0.333. The van der Waals surface area contributed by atoms with Gasteiger partial charge in [-0.3, -0.25) is 4.79 Å². The summed E-state index contributed by atoms with van der Waals surface area (Å²) in [6.07, 6.45) is 2.99. The summed E-state index contributed by atoms with van der Waals surface area (Å²) in [5.41, 5.74) is 2.21. The van der Waals surface area contributed by atoms with E-state index in [1.54, 1.807) is 4.80 Å². The molecule has 0 saturated carbocycles. The van der Waals surface area contributed by atoms with Crippen molar-refractivity contribution < 1.29 is 4.79 Å². The molecule has 1 amide bonds. The lowest BCUT2D eigenvalue weighted by Crippen LogP contribution is -2.32. The third kappa shape index (κ3) is 6.27. The van der Waals surface area contributed by atoms with Gasteiger partial charge in [0.1, 0.15) is 0 Å². The summed E-state index contributed by atoms with van der Waals surface area (Å²) in [5, 5.41) is 15.6. The van der Waals surface area contributed by atoms with Gasteiger partial charge in [0.2, 0.25) is 11.7 Å². The van der Waals surface area contributed by atoms with Gasteiger partial charge in [-0.1, -0.05) is 58.4 Å². The maximum Gasteiger partial charge on any atom is 0.220 e. The number of halogens is 1. The molecule has 28 heavy (non-hydrogen) atoms. The molecule has 3 rings (SSSR count). The second-order valence-electron chi connectivity index (χ2n) is 6.81. The van der Waals surface area contributed by atoms with Gasteiger partial charge in [0.15, 0.2) is 0 Å². The van der Waals surface area contributed by atoms with Crippen LogP contribution in [0.5, 0.6) is 0 Å². The van der Waals surface area contributed by atoms with Gasteiger partial charge in [0.25, 0.3) is 0 Å². The molecule has 0 radical (unpaired) electrons. The second kappa shape index (κ2) is 10.1. The number of hydrogen-bond donors (Lipinski definition) is 1. The third-order valence-electron chi connectivity index (χ3n) is 4.43. The Balaban J connectivity index is 1.36. The van der Waals surface area contributed by atoms with Gasteiger partial charge < -0.3 is 5.32 Å². The van der Waals surface area contributed by atoms with Crippen molar-refractivity contribution in [1.82, 2.24) is 25.5 Å². The number of benzene rings is 2. The van der Waals surface area contributed by atoms with Crippen molar-refractivity contribution in [1.29, 1.82) is 0 Å². The Hall–Kier alpha value is -2.54. The van der Waals surface area contributed by atoms with Gasteiger partial charge in [-0.05, 0) is 49.1 Å². The molecule has 0 aliphatic heterocycles. The Morgan fingerprint density at radius 1 is 1.14 bits per heavy atom. The summed E-state index contributed by atoms with van der Waals surface area (Å²) in [7, 11) is 0. The van der Waals surface area contributed by atoms with Crippen LogP contribution >= 0.6 is 15.9 Å². The maximum absolute atomic E-state index is 12.1. The number of amides is 1. The zero-order valence-electron chi connectivity index (χ0n) is 15.9. The number of aromatic nitrogens is 4. The van der Waals surface area contributed by atoms with Crippen molar-refractivity contribution >= 4 is 21.8 Å². The van der Waals surface area contributed by atoms with Crippen LogP contribution in [0.4, 0.5) is 0 Å². The number of carbonyl (C=O) groups excluding carboxylic acids is 1. The van der Waals surface area contributed by atoms with Crippen LogP contribution in [-0.4, -0.2) is 32.2 Å². The SMILES string of the molecule is CC(CCc1ccc(Br)cc1)NC(=O)CCCn1nnc(-c2ccccc2)n1. The second-order valence-corrected chi connectivity index (χ2v) is 7.73. The lowest BCUT2D eigenvalue weighted by atomic mass is 10.1. The predicted molar refractivity (Wildman–Crippen MR) is 113 cm³/mol. The fourth-order valence-corrected chi connectivity index (χ4v) is 3.14. The highest BCUT2D eigenvalue weighted by Gasteiger charge is 2.09. The van der Waals surface area contributed by atoms with Crippen molar-refractivity contribution in [3.05, 3.63) is 64.6 Å². The number of tetrazole rings is 1. The summed E-state index contributed by atoms with van der Waals surface area (Å²) in [6.45, 7) is 2.61. The van der Waals surface area contributed by atoms with E-state index in [1.807, 2.05) is 49.4 Å². The number of nitrogens with one attached hydrogen (secondary N) is 1. The topological polar surface area (TPSA) is 72.7 Å². The van der Waals surface area contributed by atoms with Crippen LogP contribution in [-0.2, 0) is 17.8 Å². The van der Waals surface area contributed by atoms with Crippen LogP contribution in [0.25, 0.3) is 11.4 Å². The van der Waals surface area contributed by atoms with E-state index in [0.717, 1.165) is 22.9 Å². The van der Waals surface area contributed by atoms with Crippen molar-refractivity contribution in [3.63, 3.8) is 0 Å². The molecule has 6 nitrogen and oxygen atoms in total. The Kier molecular flexibility index (Phi) is 7.31. The van der Waals surface area contributed by atoms with Crippen molar-refractivity contribution in [2.24, 2.45) is 0 Å². The van der Waals surface area contributed by atoms with E-state index in [9.17, 15) is 4.79 Å². The summed E-state index contributed by atoms with van der Waals surface area (Å²) in [6, 6.07) is 18.2. The average molecular weight is 442 g/mol. The minimum absolute atomic E-state index is 0.0618. The number of carbonyl (C=O) groups is 1. The van der Waals surface area contributed by atoms with Crippen LogP contribution in [0.1, 0.15) is 31.7 Å². The molecule has 1 heterocycles. The summed E-state index contributed by atoms with van der Waals surface area (Å²) < 4.78 is 1.08. The smallest absolute Gasteiger partial charge is 0.220 e. The molecular formula is C21H24BrN5O. The minimum Gasteiger partial charge on any atom is -0.354 e. The summed E-state index contributed by atoms with van der Waals surface area (Å²) in [4.78, 5) is 13.7. The van der Waals surface area contributed by atoms with E-state index in [4.69, 9.17) is 0 Å². The first-order chi connectivity index (χ1) is 13.6. The van der Waals surface area contributed by atoms with Crippen molar-refractivity contribution in [3.8, 4) is 11.4 Å². The molecule has 2 aromatic carbocycles. The van der Waals surface area contributed by atoms with Gasteiger partial charge in [0, 0.05) is 22.5 Å². The van der Waals surface area contributed by atoms with E-state index >= 15 is 0 Å². The van der Waals surface area contributed by atoms with Crippen LogP contribution in [0.3, 0.4) is 0 Å². The van der Waals surface area contributed by atoms with Gasteiger partial charge >= 0.3 is 0 Å². The summed E-state index contributed by atoms with van der Waals surface area (Å²) >= 11 is 3.44. The van der Waals surface area contributed by atoms with E-state index in [0.29, 0.717) is 25.2 Å². The molecule has 0 saturated heterocycles. The highest BCUT2D eigenvalue weighted by Crippen LogP contribution is 2.13. The Labute approximate surface area is 173 Å².